The maximum atomic E-state index is 14.2. The third-order valence-electron chi connectivity index (χ3n) is 5.41. The third kappa shape index (κ3) is 3.43. The minimum atomic E-state index is -0.351. The molecule has 1 heterocycles. The summed E-state index contributed by atoms with van der Waals surface area (Å²) in [5.74, 6) is 3.02. The van der Waals surface area contributed by atoms with Crippen molar-refractivity contribution in [3.63, 3.8) is 0 Å². The second-order valence-corrected chi connectivity index (χ2v) is 7.45. The molecule has 2 fully saturated rings. The Balaban J connectivity index is 1.56. The molecular weight excluding hydrogens is 319 g/mol. The van der Waals surface area contributed by atoms with Gasteiger partial charge in [0.05, 0.1) is 18.4 Å². The van der Waals surface area contributed by atoms with Crippen LogP contribution in [0.3, 0.4) is 0 Å². The monoisotopic (exact) mass is 344 g/mol. The molecule has 0 amide bonds. The van der Waals surface area contributed by atoms with E-state index in [1.807, 2.05) is 6.92 Å². The summed E-state index contributed by atoms with van der Waals surface area (Å²) < 4.78 is 25.2. The number of hydrogen-bond donors (Lipinski definition) is 0. The highest BCUT2D eigenvalue weighted by atomic mass is 19.1. The van der Waals surface area contributed by atoms with Gasteiger partial charge in [0.25, 0.3) is 0 Å². The van der Waals surface area contributed by atoms with Crippen molar-refractivity contribution in [3.8, 4) is 17.2 Å². The summed E-state index contributed by atoms with van der Waals surface area (Å²) in [7, 11) is 3.75. The number of methoxy groups -OCH3 is 1. The smallest absolute Gasteiger partial charge is 0.229 e. The molecule has 0 atom stereocenters. The van der Waals surface area contributed by atoms with Gasteiger partial charge in [-0.3, -0.25) is 4.90 Å². The second kappa shape index (κ2) is 6.45. The molecule has 1 aromatic heterocycles. The van der Waals surface area contributed by atoms with E-state index in [0.717, 1.165) is 29.8 Å². The Bertz CT molecular complexity index is 753. The fourth-order valence-corrected chi connectivity index (χ4v) is 3.81. The lowest BCUT2D eigenvalue weighted by Gasteiger charge is -2.27. The van der Waals surface area contributed by atoms with Crippen molar-refractivity contribution in [2.45, 2.75) is 45.2 Å². The minimum Gasteiger partial charge on any atom is -0.497 e. The summed E-state index contributed by atoms with van der Waals surface area (Å²) in [4.78, 5) is 7.02. The first-order valence-electron chi connectivity index (χ1n) is 9.07. The first-order valence-corrected chi connectivity index (χ1v) is 9.07. The van der Waals surface area contributed by atoms with E-state index in [-0.39, 0.29) is 5.82 Å². The number of halogens is 1. The van der Waals surface area contributed by atoms with Gasteiger partial charge < -0.3 is 9.15 Å². The van der Waals surface area contributed by atoms with Crippen LogP contribution in [-0.4, -0.2) is 30.1 Å². The fraction of sp³-hybridized carbons (Fsp3) is 0.550. The van der Waals surface area contributed by atoms with Gasteiger partial charge in [0.15, 0.2) is 0 Å². The van der Waals surface area contributed by atoms with Gasteiger partial charge in [0.2, 0.25) is 5.89 Å². The Hall–Kier alpha value is -1.88. The van der Waals surface area contributed by atoms with Crippen molar-refractivity contribution < 1.29 is 13.5 Å². The second-order valence-electron chi connectivity index (χ2n) is 7.45. The fourth-order valence-electron chi connectivity index (χ4n) is 3.81. The molecule has 134 valence electrons. The summed E-state index contributed by atoms with van der Waals surface area (Å²) in [5, 5.41) is 0. The van der Waals surface area contributed by atoms with Crippen molar-refractivity contribution in [2.75, 3.05) is 14.2 Å². The van der Waals surface area contributed by atoms with Crippen molar-refractivity contribution >= 4 is 0 Å². The molecule has 1 aromatic carbocycles. The number of ether oxygens (including phenoxy) is 1. The predicted octanol–water partition coefficient (Wildman–Crippen LogP) is 4.42. The topological polar surface area (TPSA) is 38.5 Å². The lowest BCUT2D eigenvalue weighted by Crippen LogP contribution is -2.35. The van der Waals surface area contributed by atoms with Crippen LogP contribution in [0.1, 0.15) is 37.1 Å². The molecule has 2 saturated carbocycles. The molecule has 0 spiro atoms. The molecule has 0 saturated heterocycles. The van der Waals surface area contributed by atoms with Gasteiger partial charge >= 0.3 is 0 Å². The van der Waals surface area contributed by atoms with Crippen molar-refractivity contribution in [3.05, 3.63) is 35.5 Å². The van der Waals surface area contributed by atoms with Gasteiger partial charge in [0, 0.05) is 12.6 Å². The van der Waals surface area contributed by atoms with E-state index < -0.39 is 0 Å². The Kier molecular flexibility index (Phi) is 4.28. The zero-order chi connectivity index (χ0) is 17.6. The zero-order valence-corrected chi connectivity index (χ0v) is 15.1. The van der Waals surface area contributed by atoms with E-state index in [9.17, 15) is 4.39 Å². The molecule has 0 aliphatic heterocycles. The maximum absolute atomic E-state index is 14.2. The number of nitrogens with zero attached hydrogens (tertiary/aromatic N) is 2. The van der Waals surface area contributed by atoms with E-state index in [0.29, 0.717) is 23.2 Å². The van der Waals surface area contributed by atoms with Crippen molar-refractivity contribution in [1.29, 1.82) is 0 Å². The highest BCUT2D eigenvalue weighted by molar-refractivity contribution is 5.57. The predicted molar refractivity (Wildman–Crippen MR) is 93.9 cm³/mol. The highest BCUT2D eigenvalue weighted by Crippen LogP contribution is 2.47. The molecule has 25 heavy (non-hydrogen) atoms. The lowest BCUT2D eigenvalue weighted by molar-refractivity contribution is 0.184. The molecule has 5 heteroatoms. The molecule has 4 rings (SSSR count). The van der Waals surface area contributed by atoms with Gasteiger partial charge in [0.1, 0.15) is 17.3 Å². The minimum absolute atomic E-state index is 0.326. The zero-order valence-electron chi connectivity index (χ0n) is 15.1. The van der Waals surface area contributed by atoms with Gasteiger partial charge in [-0.25, -0.2) is 9.37 Å². The number of oxazole rings is 1. The Morgan fingerprint density at radius 1 is 1.28 bits per heavy atom. The van der Waals surface area contributed by atoms with E-state index in [1.165, 1.54) is 31.7 Å². The van der Waals surface area contributed by atoms with Crippen LogP contribution < -0.4 is 4.74 Å². The molecule has 2 aliphatic carbocycles. The van der Waals surface area contributed by atoms with E-state index in [2.05, 4.69) is 16.9 Å². The normalized spacial score (nSPS) is 17.5. The molecule has 4 nitrogen and oxygen atoms in total. The average Bonchev–Trinajstić information content (AvgIpc) is 3.51. The number of rotatable bonds is 7. The average molecular weight is 344 g/mol. The van der Waals surface area contributed by atoms with E-state index in [1.54, 1.807) is 19.2 Å². The van der Waals surface area contributed by atoms with Crippen LogP contribution in [0.5, 0.6) is 5.75 Å². The van der Waals surface area contributed by atoms with Crippen LogP contribution in [0, 0.1) is 24.6 Å². The standard InChI is InChI=1S/C20H25FN2O2/c1-12-18(11-23(2)19(13-4-5-13)14-6-7-14)22-20(25-12)16-10-15(24-3)8-9-17(16)21/h8-10,13-14,19H,4-7,11H2,1-3H3. The highest BCUT2D eigenvalue weighted by Gasteiger charge is 2.43. The van der Waals surface area contributed by atoms with Crippen LogP contribution in [0.15, 0.2) is 22.6 Å². The van der Waals surface area contributed by atoms with Crippen molar-refractivity contribution in [2.24, 2.45) is 11.8 Å². The molecule has 2 aromatic rings. The van der Waals surface area contributed by atoms with Gasteiger partial charge in [-0.05, 0) is 69.7 Å². The Labute approximate surface area is 148 Å². The lowest BCUT2D eigenvalue weighted by atomic mass is 10.1. The van der Waals surface area contributed by atoms with Crippen molar-refractivity contribution in [1.82, 2.24) is 9.88 Å². The van der Waals surface area contributed by atoms with E-state index >= 15 is 0 Å². The molecular formula is C20H25FN2O2. The molecule has 0 radical (unpaired) electrons. The van der Waals surface area contributed by atoms with Crippen LogP contribution in [0.4, 0.5) is 4.39 Å². The quantitative estimate of drug-likeness (QED) is 0.745. The Morgan fingerprint density at radius 3 is 2.56 bits per heavy atom. The molecule has 0 unspecified atom stereocenters. The summed E-state index contributed by atoms with van der Waals surface area (Å²) in [6.45, 7) is 2.65. The van der Waals surface area contributed by atoms with Crippen LogP contribution in [0.25, 0.3) is 11.5 Å². The number of aromatic nitrogens is 1. The summed E-state index contributed by atoms with van der Waals surface area (Å²) in [6.07, 6.45) is 5.40. The van der Waals surface area contributed by atoms with Crippen LogP contribution in [-0.2, 0) is 6.54 Å². The first kappa shape index (κ1) is 16.6. The summed E-state index contributed by atoms with van der Waals surface area (Å²) in [5.41, 5.74) is 1.24. The first-order chi connectivity index (χ1) is 12.1. The van der Waals surface area contributed by atoms with Crippen LogP contribution in [0.2, 0.25) is 0 Å². The third-order valence-corrected chi connectivity index (χ3v) is 5.41. The Morgan fingerprint density at radius 2 is 1.96 bits per heavy atom. The number of aryl methyl sites for hydroxylation is 1. The van der Waals surface area contributed by atoms with Gasteiger partial charge in [-0.15, -0.1) is 0 Å². The molecule has 0 bridgehead atoms. The summed E-state index contributed by atoms with van der Waals surface area (Å²) in [6, 6.07) is 5.27. The molecule has 0 N–H and O–H groups in total. The summed E-state index contributed by atoms with van der Waals surface area (Å²) >= 11 is 0. The van der Waals surface area contributed by atoms with Gasteiger partial charge in [-0.1, -0.05) is 0 Å². The largest absolute Gasteiger partial charge is 0.497 e. The molecule has 2 aliphatic rings. The number of hydrogen-bond acceptors (Lipinski definition) is 4. The van der Waals surface area contributed by atoms with Gasteiger partial charge in [-0.2, -0.15) is 0 Å². The number of benzene rings is 1. The van der Waals surface area contributed by atoms with Crippen LogP contribution >= 0.6 is 0 Å². The SMILES string of the molecule is COc1ccc(F)c(-c2nc(CN(C)C(C3CC3)C3CC3)c(C)o2)c1. The van der Waals surface area contributed by atoms with E-state index in [4.69, 9.17) is 9.15 Å². The maximum Gasteiger partial charge on any atom is 0.229 e.